The van der Waals surface area contributed by atoms with Crippen molar-refractivity contribution in [2.75, 3.05) is 0 Å². The molecule has 10 heteroatoms. The number of hydrogen-bond donors (Lipinski definition) is 1. The first-order chi connectivity index (χ1) is 19.8. The predicted molar refractivity (Wildman–Crippen MR) is 157 cm³/mol. The fourth-order valence-electron chi connectivity index (χ4n) is 4.42. The van der Waals surface area contributed by atoms with Gasteiger partial charge in [-0.15, -0.1) is 10.2 Å². The van der Waals surface area contributed by atoms with Gasteiger partial charge in [-0.2, -0.15) is 28.2 Å². The first-order valence-electron chi connectivity index (χ1n) is 12.7. The van der Waals surface area contributed by atoms with E-state index in [4.69, 9.17) is 0 Å². The van der Waals surface area contributed by atoms with E-state index in [0.29, 0.717) is 16.9 Å². The van der Waals surface area contributed by atoms with Gasteiger partial charge in [0, 0.05) is 11.1 Å². The van der Waals surface area contributed by atoms with E-state index in [1.165, 1.54) is 10.9 Å². The van der Waals surface area contributed by atoms with Gasteiger partial charge in [0.25, 0.3) is 10.1 Å². The zero-order chi connectivity index (χ0) is 28.4. The van der Waals surface area contributed by atoms with E-state index in [2.05, 4.69) is 20.4 Å². The number of benzene rings is 4. The third-order valence-electron chi connectivity index (χ3n) is 6.56. The van der Waals surface area contributed by atoms with Crippen LogP contribution in [0.25, 0.3) is 46.0 Å². The van der Waals surface area contributed by atoms with Crippen LogP contribution >= 0.6 is 0 Å². The molecule has 0 unspecified atom stereocenters. The van der Waals surface area contributed by atoms with E-state index >= 15 is 0 Å². The summed E-state index contributed by atoms with van der Waals surface area (Å²) in [7, 11) is -4.53. The standard InChI is InChI=1S/C31H24N6O3S/c1-22-18-27(36-32-20-29(34-36)24-8-4-2-5-9-24)16-14-23(22)12-13-26-15-17-28(19-31(26)41(38,39)40)37-33-21-30(35-37)25-10-6-3-7-11-25/h2-21H,1H3,(H,38,39,40). The summed E-state index contributed by atoms with van der Waals surface area (Å²) in [6.07, 6.45) is 6.78. The van der Waals surface area contributed by atoms with E-state index < -0.39 is 10.1 Å². The van der Waals surface area contributed by atoms with Gasteiger partial charge < -0.3 is 0 Å². The van der Waals surface area contributed by atoms with Crippen LogP contribution in [-0.4, -0.2) is 43.0 Å². The molecule has 0 aliphatic heterocycles. The van der Waals surface area contributed by atoms with Gasteiger partial charge in [-0.05, 0) is 47.9 Å². The Morgan fingerprint density at radius 3 is 1.66 bits per heavy atom. The second kappa shape index (κ2) is 10.8. The second-order valence-corrected chi connectivity index (χ2v) is 10.7. The lowest BCUT2D eigenvalue weighted by molar-refractivity contribution is 0.483. The molecule has 0 fully saturated rings. The number of aromatic nitrogens is 6. The summed E-state index contributed by atoms with van der Waals surface area (Å²) >= 11 is 0. The molecule has 6 rings (SSSR count). The van der Waals surface area contributed by atoms with E-state index in [0.717, 1.165) is 33.6 Å². The molecule has 0 saturated heterocycles. The van der Waals surface area contributed by atoms with Crippen molar-refractivity contribution in [3.05, 3.63) is 126 Å². The Morgan fingerprint density at radius 1 is 0.659 bits per heavy atom. The molecule has 6 aromatic rings. The molecule has 2 aromatic heterocycles. The summed E-state index contributed by atoms with van der Waals surface area (Å²) < 4.78 is 34.6. The average Bonchev–Trinajstić information content (AvgIpc) is 3.68. The lowest BCUT2D eigenvalue weighted by Gasteiger charge is -2.08. The molecule has 0 amide bonds. The van der Waals surface area contributed by atoms with Crippen molar-refractivity contribution in [3.8, 4) is 33.9 Å². The highest BCUT2D eigenvalue weighted by molar-refractivity contribution is 7.86. The maximum absolute atomic E-state index is 12.3. The van der Waals surface area contributed by atoms with Gasteiger partial charge in [-0.25, -0.2) is 0 Å². The molecule has 4 aromatic carbocycles. The highest BCUT2D eigenvalue weighted by Crippen LogP contribution is 2.25. The van der Waals surface area contributed by atoms with Crippen LogP contribution < -0.4 is 0 Å². The molecule has 0 radical (unpaired) electrons. The third kappa shape index (κ3) is 5.60. The fraction of sp³-hybridized carbons (Fsp3) is 0.0323. The lowest BCUT2D eigenvalue weighted by Crippen LogP contribution is -2.05. The first-order valence-corrected chi connectivity index (χ1v) is 14.2. The number of rotatable bonds is 7. The molecule has 0 bridgehead atoms. The zero-order valence-electron chi connectivity index (χ0n) is 21.9. The van der Waals surface area contributed by atoms with Crippen LogP contribution in [0.4, 0.5) is 0 Å². The summed E-state index contributed by atoms with van der Waals surface area (Å²) in [4.78, 5) is 2.66. The Bertz CT molecular complexity index is 1980. The van der Waals surface area contributed by atoms with Crippen LogP contribution in [0.2, 0.25) is 0 Å². The van der Waals surface area contributed by atoms with Crippen molar-refractivity contribution < 1.29 is 13.0 Å². The molecule has 0 spiro atoms. The maximum atomic E-state index is 12.3. The van der Waals surface area contributed by atoms with Crippen molar-refractivity contribution in [2.45, 2.75) is 11.8 Å². The third-order valence-corrected chi connectivity index (χ3v) is 7.46. The SMILES string of the molecule is Cc1cc(-n2ncc(-c3ccccc3)n2)ccc1C=Cc1ccc(-n2ncc(-c3ccccc3)n2)cc1S(=O)(=O)O. The summed E-state index contributed by atoms with van der Waals surface area (Å²) in [6, 6.07) is 29.8. The van der Waals surface area contributed by atoms with Crippen molar-refractivity contribution in [2.24, 2.45) is 0 Å². The van der Waals surface area contributed by atoms with Gasteiger partial charge in [0.05, 0.1) is 23.8 Å². The zero-order valence-corrected chi connectivity index (χ0v) is 22.7. The predicted octanol–water partition coefficient (Wildman–Crippen LogP) is 5.91. The van der Waals surface area contributed by atoms with Crippen LogP contribution in [0.3, 0.4) is 0 Å². The van der Waals surface area contributed by atoms with E-state index in [-0.39, 0.29) is 4.90 Å². The highest BCUT2D eigenvalue weighted by atomic mass is 32.2. The monoisotopic (exact) mass is 560 g/mol. The molecule has 0 aliphatic rings. The van der Waals surface area contributed by atoms with Gasteiger partial charge in [0.15, 0.2) is 0 Å². The van der Waals surface area contributed by atoms with Crippen molar-refractivity contribution >= 4 is 22.3 Å². The van der Waals surface area contributed by atoms with Gasteiger partial charge >= 0.3 is 0 Å². The van der Waals surface area contributed by atoms with E-state index in [1.807, 2.05) is 85.8 Å². The smallest absolute Gasteiger partial charge is 0.282 e. The molecule has 0 atom stereocenters. The molecule has 0 saturated carbocycles. The first kappa shape index (κ1) is 26.1. The molecule has 41 heavy (non-hydrogen) atoms. The molecular formula is C31H24N6O3S. The van der Waals surface area contributed by atoms with Crippen LogP contribution in [-0.2, 0) is 10.1 Å². The summed E-state index contributed by atoms with van der Waals surface area (Å²) in [5, 5.41) is 17.7. The van der Waals surface area contributed by atoms with Crippen molar-refractivity contribution in [1.82, 2.24) is 30.0 Å². The molecule has 2 heterocycles. The van der Waals surface area contributed by atoms with Crippen LogP contribution in [0.1, 0.15) is 16.7 Å². The number of nitrogens with zero attached hydrogens (tertiary/aromatic N) is 6. The topological polar surface area (TPSA) is 116 Å². The lowest BCUT2D eigenvalue weighted by atomic mass is 10.1. The number of aryl methyl sites for hydroxylation is 1. The Morgan fingerprint density at radius 2 is 1.15 bits per heavy atom. The van der Waals surface area contributed by atoms with Crippen molar-refractivity contribution in [1.29, 1.82) is 0 Å². The summed E-state index contributed by atoms with van der Waals surface area (Å²) in [5.41, 5.74) is 6.62. The average molecular weight is 561 g/mol. The minimum absolute atomic E-state index is 0.242. The minimum atomic E-state index is -4.53. The summed E-state index contributed by atoms with van der Waals surface area (Å²) in [6.45, 7) is 1.95. The van der Waals surface area contributed by atoms with Crippen LogP contribution in [0, 0.1) is 6.92 Å². The van der Waals surface area contributed by atoms with Gasteiger partial charge in [0.2, 0.25) is 0 Å². The van der Waals surface area contributed by atoms with Crippen LogP contribution in [0.5, 0.6) is 0 Å². The van der Waals surface area contributed by atoms with Crippen molar-refractivity contribution in [3.63, 3.8) is 0 Å². The maximum Gasteiger partial charge on any atom is 0.295 e. The van der Waals surface area contributed by atoms with Gasteiger partial charge in [-0.3, -0.25) is 4.55 Å². The second-order valence-electron chi connectivity index (χ2n) is 9.34. The highest BCUT2D eigenvalue weighted by Gasteiger charge is 2.17. The summed E-state index contributed by atoms with van der Waals surface area (Å²) in [5.74, 6) is 0. The fourth-order valence-corrected chi connectivity index (χ4v) is 5.12. The Balaban J connectivity index is 1.27. The Kier molecular flexibility index (Phi) is 6.84. The Labute approximate surface area is 236 Å². The van der Waals surface area contributed by atoms with Gasteiger partial charge in [-0.1, -0.05) is 84.9 Å². The molecule has 9 nitrogen and oxygen atoms in total. The number of hydrogen-bond acceptors (Lipinski definition) is 6. The molecule has 202 valence electrons. The largest absolute Gasteiger partial charge is 0.295 e. The van der Waals surface area contributed by atoms with E-state index in [9.17, 15) is 13.0 Å². The molecule has 1 N–H and O–H groups in total. The van der Waals surface area contributed by atoms with E-state index in [1.54, 1.807) is 41.5 Å². The van der Waals surface area contributed by atoms with Gasteiger partial charge in [0.1, 0.15) is 16.3 Å². The van der Waals surface area contributed by atoms with Crippen LogP contribution in [0.15, 0.2) is 114 Å². The normalized spacial score (nSPS) is 11.8. The molecule has 0 aliphatic carbocycles. The Hall–Kier alpha value is -5.19. The molecular weight excluding hydrogens is 536 g/mol. The minimum Gasteiger partial charge on any atom is -0.282 e. The quantitative estimate of drug-likeness (QED) is 0.191.